The van der Waals surface area contributed by atoms with Gasteiger partial charge in [-0.1, -0.05) is 0 Å². The molecule has 28 heavy (non-hydrogen) atoms. The summed E-state index contributed by atoms with van der Waals surface area (Å²) in [7, 11) is 0. The van der Waals surface area contributed by atoms with E-state index in [4.69, 9.17) is 4.74 Å². The van der Waals surface area contributed by atoms with Crippen LogP contribution in [0.4, 0.5) is 10.5 Å². The molecule has 0 aromatic heterocycles. The fourth-order valence-electron chi connectivity index (χ4n) is 2.45. The summed E-state index contributed by atoms with van der Waals surface area (Å²) in [5.41, 5.74) is 1.90. The Morgan fingerprint density at radius 1 is 1.18 bits per heavy atom. The molecule has 5 nitrogen and oxygen atoms in total. The Bertz CT molecular complexity index is 769. The van der Waals surface area contributed by atoms with Crippen molar-refractivity contribution in [3.05, 3.63) is 64.6 Å². The van der Waals surface area contributed by atoms with E-state index in [9.17, 15) is 4.79 Å². The number of anilines is 1. The molecule has 0 bridgehead atoms. The average molecular weight is 510 g/mol. The van der Waals surface area contributed by atoms with E-state index in [-0.39, 0.29) is 18.6 Å². The third-order valence-electron chi connectivity index (χ3n) is 4.37. The van der Waals surface area contributed by atoms with Gasteiger partial charge in [0.15, 0.2) is 0 Å². The predicted molar refractivity (Wildman–Crippen MR) is 119 cm³/mol. The summed E-state index contributed by atoms with van der Waals surface area (Å²) >= 11 is 6.35. The van der Waals surface area contributed by atoms with Crippen LogP contribution in [0.2, 0.25) is 0 Å². The van der Waals surface area contributed by atoms with Gasteiger partial charge in [-0.05, 0) is 0 Å². The third-order valence-corrected chi connectivity index (χ3v) is 5.39. The van der Waals surface area contributed by atoms with Gasteiger partial charge in [0.25, 0.3) is 0 Å². The number of carbonyl (C=O) groups excluding carboxylic acids is 1. The van der Waals surface area contributed by atoms with Crippen molar-refractivity contribution in [2.24, 2.45) is 10.9 Å². The van der Waals surface area contributed by atoms with Gasteiger partial charge >= 0.3 is 184 Å². The molecule has 0 aliphatic rings. The third kappa shape index (κ3) is 8.05. The van der Waals surface area contributed by atoms with Crippen LogP contribution in [0.15, 0.2) is 64.1 Å². The number of ether oxygens (including phenoxy) is 1. The number of amides is 1. The zero-order valence-corrected chi connectivity index (χ0v) is 19.3. The molecule has 2 rings (SSSR count). The average Bonchev–Trinajstić information content (AvgIpc) is 2.71. The van der Waals surface area contributed by atoms with Crippen LogP contribution in [0.5, 0.6) is 0 Å². The Morgan fingerprint density at radius 3 is 2.50 bits per heavy atom. The summed E-state index contributed by atoms with van der Waals surface area (Å²) in [4.78, 5) is 16.8. The normalized spacial score (nSPS) is 13.5. The van der Waals surface area contributed by atoms with Crippen molar-refractivity contribution in [3.8, 4) is 0 Å². The van der Waals surface area contributed by atoms with E-state index in [2.05, 4.69) is 61.4 Å². The van der Waals surface area contributed by atoms with Crippen LogP contribution >= 0.6 is 15.9 Å². The van der Waals surface area contributed by atoms with Crippen LogP contribution in [0.1, 0.15) is 25.8 Å². The van der Waals surface area contributed by atoms with Gasteiger partial charge in [0.2, 0.25) is 0 Å². The number of carbonyl (C=O) groups is 1. The molecule has 0 fully saturated rings. The SMILES string of the molecule is CC[C@H](C)[C@@H](CN=C([Se])Nc1ccc(Br)cc1)NC(=O)OCc1ccccc1. The number of nitrogens with one attached hydrogen (secondary N) is 2. The number of rotatable bonds is 8. The number of alkyl carbamates (subject to hydrolysis) is 1. The zero-order valence-electron chi connectivity index (χ0n) is 16.0. The number of halogens is 1. The molecule has 0 unspecified atom stereocenters. The molecule has 2 aromatic carbocycles. The van der Waals surface area contributed by atoms with Crippen LogP contribution in [0, 0.1) is 5.92 Å². The standard InChI is InChI=1S/C21H25BrN3O2Se/c1-3-15(2)19(25-21(26)27-14-16-7-5-4-6-8-16)13-23-20(28)24-18-11-9-17(22)10-12-18/h4-12,15,19H,3,13-14H2,1-2H3,(H,23,24)(H,25,26)/t15-,19+/m0/s1. The first-order chi connectivity index (χ1) is 13.5. The minimum atomic E-state index is -0.424. The summed E-state index contributed by atoms with van der Waals surface area (Å²) < 4.78 is 7.04. The maximum absolute atomic E-state index is 12.2. The van der Waals surface area contributed by atoms with Crippen LogP contribution in [0.25, 0.3) is 0 Å². The summed E-state index contributed by atoms with van der Waals surface area (Å²) in [6.07, 6.45) is 0.508. The van der Waals surface area contributed by atoms with Crippen LogP contribution < -0.4 is 10.6 Å². The van der Waals surface area contributed by atoms with E-state index >= 15 is 0 Å². The summed E-state index contributed by atoms with van der Waals surface area (Å²) in [5.74, 6) is 0.272. The molecular formula is C21H25BrN3O2Se. The van der Waals surface area contributed by atoms with E-state index in [0.717, 1.165) is 22.1 Å². The van der Waals surface area contributed by atoms with Gasteiger partial charge in [-0.2, -0.15) is 0 Å². The predicted octanol–water partition coefficient (Wildman–Crippen LogP) is 4.73. The minimum absolute atomic E-state index is 0.108. The van der Waals surface area contributed by atoms with Crippen molar-refractivity contribution < 1.29 is 9.53 Å². The van der Waals surface area contributed by atoms with Crippen molar-refractivity contribution in [1.29, 1.82) is 0 Å². The fraction of sp³-hybridized carbons (Fsp3) is 0.333. The monoisotopic (exact) mass is 510 g/mol. The van der Waals surface area contributed by atoms with Crippen molar-refractivity contribution >= 4 is 48.5 Å². The van der Waals surface area contributed by atoms with Crippen molar-refractivity contribution in [2.45, 2.75) is 32.9 Å². The summed E-state index contributed by atoms with van der Waals surface area (Å²) in [6, 6.07) is 17.4. The molecule has 2 aromatic rings. The van der Waals surface area contributed by atoms with Crippen LogP contribution in [-0.4, -0.2) is 39.4 Å². The second-order valence-electron chi connectivity index (χ2n) is 6.48. The zero-order chi connectivity index (χ0) is 20.4. The first-order valence-corrected chi connectivity index (χ1v) is 10.8. The second kappa shape index (κ2) is 11.9. The van der Waals surface area contributed by atoms with Gasteiger partial charge in [-0.3, -0.25) is 0 Å². The molecule has 7 heteroatoms. The van der Waals surface area contributed by atoms with E-state index in [1.165, 1.54) is 0 Å². The molecular weight excluding hydrogens is 485 g/mol. The quantitative estimate of drug-likeness (QED) is 0.307. The van der Waals surface area contributed by atoms with Crippen molar-refractivity contribution in [3.63, 3.8) is 0 Å². The Balaban J connectivity index is 1.89. The number of hydrogen-bond acceptors (Lipinski definition) is 3. The van der Waals surface area contributed by atoms with E-state index in [0.29, 0.717) is 11.3 Å². The summed E-state index contributed by atoms with van der Waals surface area (Å²) in [5, 5.41) is 6.16. The molecule has 0 aliphatic heterocycles. The van der Waals surface area contributed by atoms with Gasteiger partial charge in [0.05, 0.1) is 0 Å². The molecule has 0 saturated heterocycles. The van der Waals surface area contributed by atoms with Crippen LogP contribution in [-0.2, 0) is 11.3 Å². The molecule has 0 saturated carbocycles. The Morgan fingerprint density at radius 2 is 1.86 bits per heavy atom. The van der Waals surface area contributed by atoms with E-state index < -0.39 is 6.09 Å². The molecule has 1 radical (unpaired) electrons. The summed E-state index contributed by atoms with van der Waals surface area (Å²) in [6.45, 7) is 4.90. The topological polar surface area (TPSA) is 62.7 Å². The molecule has 1 amide bonds. The van der Waals surface area contributed by atoms with E-state index in [1.807, 2.05) is 54.6 Å². The van der Waals surface area contributed by atoms with E-state index in [1.54, 1.807) is 0 Å². The Hall–Kier alpha value is -1.82. The number of aliphatic imine (C=N–C) groups is 1. The van der Waals surface area contributed by atoms with Crippen molar-refractivity contribution in [2.75, 3.05) is 11.9 Å². The fourth-order valence-corrected chi connectivity index (χ4v) is 3.11. The molecule has 0 spiro atoms. The number of amidine groups is 1. The number of benzene rings is 2. The number of hydrogen-bond donors (Lipinski definition) is 2. The van der Waals surface area contributed by atoms with Gasteiger partial charge in [-0.25, -0.2) is 0 Å². The molecule has 149 valence electrons. The molecule has 2 atom stereocenters. The second-order valence-corrected chi connectivity index (χ2v) is 8.20. The Labute approximate surface area is 183 Å². The first kappa shape index (κ1) is 22.5. The molecule has 0 aliphatic carbocycles. The van der Waals surface area contributed by atoms with Gasteiger partial charge in [-0.15, -0.1) is 0 Å². The van der Waals surface area contributed by atoms with Gasteiger partial charge < -0.3 is 0 Å². The Kier molecular flexibility index (Phi) is 9.55. The van der Waals surface area contributed by atoms with Crippen LogP contribution in [0.3, 0.4) is 0 Å². The first-order valence-electron chi connectivity index (χ1n) is 9.19. The maximum atomic E-state index is 12.2. The molecule has 0 heterocycles. The van der Waals surface area contributed by atoms with Gasteiger partial charge in [0, 0.05) is 0 Å². The molecule has 2 N–H and O–H groups in total. The van der Waals surface area contributed by atoms with Crippen molar-refractivity contribution in [1.82, 2.24) is 5.32 Å². The van der Waals surface area contributed by atoms with Gasteiger partial charge in [0.1, 0.15) is 0 Å². The number of nitrogens with zero attached hydrogens (tertiary/aromatic N) is 1.